The Kier molecular flexibility index (Phi) is 7.06. The molecule has 0 fully saturated rings. The Balaban J connectivity index is 1.76. The summed E-state index contributed by atoms with van der Waals surface area (Å²) in [6, 6.07) is 19.7. The van der Waals surface area contributed by atoms with E-state index in [-0.39, 0.29) is 23.9 Å². The van der Waals surface area contributed by atoms with Gasteiger partial charge in [-0.25, -0.2) is 9.97 Å². The van der Waals surface area contributed by atoms with Gasteiger partial charge in [0.2, 0.25) is 0 Å². The SMILES string of the molecule is CC(NC(=O)C(C)(C)Oc1ncccn1)C(Cc1ccc(Cl)cc1)c1ccccc1. The van der Waals surface area contributed by atoms with Crippen LogP contribution >= 0.6 is 11.6 Å². The number of carbonyl (C=O) groups excluding carboxylic acids is 1. The van der Waals surface area contributed by atoms with Crippen molar-refractivity contribution in [3.63, 3.8) is 0 Å². The van der Waals surface area contributed by atoms with E-state index in [1.165, 1.54) is 0 Å². The zero-order chi connectivity index (χ0) is 21.6. The molecule has 0 bridgehead atoms. The third-order valence-electron chi connectivity index (χ3n) is 4.99. The van der Waals surface area contributed by atoms with E-state index in [1.54, 1.807) is 32.3 Å². The fourth-order valence-corrected chi connectivity index (χ4v) is 3.38. The second-order valence-corrected chi connectivity index (χ2v) is 8.19. The van der Waals surface area contributed by atoms with E-state index in [0.29, 0.717) is 5.02 Å². The number of ether oxygens (including phenoxy) is 1. The summed E-state index contributed by atoms with van der Waals surface area (Å²) in [6.45, 7) is 5.44. The highest BCUT2D eigenvalue weighted by molar-refractivity contribution is 6.30. The van der Waals surface area contributed by atoms with E-state index in [9.17, 15) is 4.79 Å². The van der Waals surface area contributed by atoms with Gasteiger partial charge in [-0.3, -0.25) is 4.79 Å². The van der Waals surface area contributed by atoms with Crippen molar-refractivity contribution in [2.75, 3.05) is 0 Å². The standard InChI is InChI=1S/C24H26ClN3O2/c1-17(28-22(29)24(2,3)30-23-26-14-7-15-27-23)21(19-8-5-4-6-9-19)16-18-10-12-20(25)13-11-18/h4-15,17,21H,16H2,1-3H3,(H,28,29). The van der Waals surface area contributed by atoms with Gasteiger partial charge in [0.15, 0.2) is 5.60 Å². The molecule has 0 aliphatic heterocycles. The van der Waals surface area contributed by atoms with Crippen LogP contribution < -0.4 is 10.1 Å². The van der Waals surface area contributed by atoms with E-state index < -0.39 is 5.60 Å². The quantitative estimate of drug-likeness (QED) is 0.564. The number of benzene rings is 2. The number of amides is 1. The molecule has 2 aromatic carbocycles. The summed E-state index contributed by atoms with van der Waals surface area (Å²) in [4.78, 5) is 21.1. The molecule has 2 unspecified atom stereocenters. The van der Waals surface area contributed by atoms with Crippen molar-refractivity contribution in [2.24, 2.45) is 0 Å². The van der Waals surface area contributed by atoms with Crippen molar-refractivity contribution in [2.45, 2.75) is 44.8 Å². The summed E-state index contributed by atoms with van der Waals surface area (Å²) in [7, 11) is 0. The average Bonchev–Trinajstić information content (AvgIpc) is 2.74. The molecular weight excluding hydrogens is 398 g/mol. The molecule has 0 spiro atoms. The Labute approximate surface area is 182 Å². The first-order valence-electron chi connectivity index (χ1n) is 9.91. The molecule has 3 rings (SSSR count). The fraction of sp³-hybridized carbons (Fsp3) is 0.292. The number of aromatic nitrogens is 2. The molecule has 1 amide bonds. The number of rotatable bonds is 8. The molecule has 6 heteroatoms. The maximum absolute atomic E-state index is 13.0. The van der Waals surface area contributed by atoms with Crippen LogP contribution in [-0.2, 0) is 11.2 Å². The summed E-state index contributed by atoms with van der Waals surface area (Å²) in [5.41, 5.74) is 1.20. The lowest BCUT2D eigenvalue weighted by Gasteiger charge is -2.30. The molecule has 156 valence electrons. The zero-order valence-corrected chi connectivity index (χ0v) is 18.1. The Morgan fingerprint density at radius 2 is 1.67 bits per heavy atom. The summed E-state index contributed by atoms with van der Waals surface area (Å²) in [5.74, 6) is -0.139. The van der Waals surface area contributed by atoms with Crippen LogP contribution in [0.3, 0.4) is 0 Å². The Morgan fingerprint density at radius 3 is 2.30 bits per heavy atom. The molecule has 3 aromatic rings. The van der Waals surface area contributed by atoms with Crippen LogP contribution in [0.5, 0.6) is 6.01 Å². The molecule has 1 heterocycles. The van der Waals surface area contributed by atoms with Gasteiger partial charge in [0, 0.05) is 29.4 Å². The van der Waals surface area contributed by atoms with Crippen molar-refractivity contribution in [1.29, 1.82) is 0 Å². The molecule has 0 radical (unpaired) electrons. The van der Waals surface area contributed by atoms with Gasteiger partial charge in [0.1, 0.15) is 0 Å². The van der Waals surface area contributed by atoms with Gasteiger partial charge in [0.25, 0.3) is 5.91 Å². The number of hydrogen-bond donors (Lipinski definition) is 1. The predicted octanol–water partition coefficient (Wildman–Crippen LogP) is 4.82. The lowest BCUT2D eigenvalue weighted by molar-refractivity contribution is -0.135. The van der Waals surface area contributed by atoms with Crippen molar-refractivity contribution >= 4 is 17.5 Å². The number of halogens is 1. The third kappa shape index (κ3) is 5.80. The predicted molar refractivity (Wildman–Crippen MR) is 119 cm³/mol. The highest BCUT2D eigenvalue weighted by atomic mass is 35.5. The lowest BCUT2D eigenvalue weighted by Crippen LogP contribution is -2.51. The molecule has 30 heavy (non-hydrogen) atoms. The highest BCUT2D eigenvalue weighted by Crippen LogP contribution is 2.26. The van der Waals surface area contributed by atoms with Crippen LogP contribution in [0, 0.1) is 0 Å². The van der Waals surface area contributed by atoms with E-state index in [2.05, 4.69) is 27.4 Å². The lowest BCUT2D eigenvalue weighted by atomic mass is 9.86. The topological polar surface area (TPSA) is 64.1 Å². The van der Waals surface area contributed by atoms with Crippen molar-refractivity contribution in [3.05, 3.63) is 89.2 Å². The van der Waals surface area contributed by atoms with Crippen LogP contribution in [0.25, 0.3) is 0 Å². The van der Waals surface area contributed by atoms with Gasteiger partial charge in [-0.1, -0.05) is 54.1 Å². The Bertz CT molecular complexity index is 947. The highest BCUT2D eigenvalue weighted by Gasteiger charge is 2.33. The first kappa shape index (κ1) is 21.8. The molecule has 2 atom stereocenters. The molecule has 0 saturated heterocycles. The number of carbonyl (C=O) groups is 1. The second kappa shape index (κ2) is 9.72. The minimum Gasteiger partial charge on any atom is -0.447 e. The van der Waals surface area contributed by atoms with Crippen molar-refractivity contribution < 1.29 is 9.53 Å². The number of hydrogen-bond acceptors (Lipinski definition) is 4. The van der Waals surface area contributed by atoms with Gasteiger partial charge in [-0.2, -0.15) is 0 Å². The first-order chi connectivity index (χ1) is 14.3. The molecule has 1 aromatic heterocycles. The van der Waals surface area contributed by atoms with Gasteiger partial charge >= 0.3 is 6.01 Å². The van der Waals surface area contributed by atoms with Crippen molar-refractivity contribution in [3.8, 4) is 6.01 Å². The van der Waals surface area contributed by atoms with E-state index >= 15 is 0 Å². The molecule has 1 N–H and O–H groups in total. The average molecular weight is 424 g/mol. The van der Waals surface area contributed by atoms with Crippen LogP contribution in [0.4, 0.5) is 0 Å². The molecule has 0 aliphatic carbocycles. The number of nitrogens with zero attached hydrogens (tertiary/aromatic N) is 2. The van der Waals surface area contributed by atoms with Gasteiger partial charge in [-0.05, 0) is 56.5 Å². The van der Waals surface area contributed by atoms with Gasteiger partial charge in [0.05, 0.1) is 0 Å². The molecule has 0 aliphatic rings. The Hall–Kier alpha value is -2.92. The third-order valence-corrected chi connectivity index (χ3v) is 5.25. The minimum atomic E-state index is -1.11. The fourth-order valence-electron chi connectivity index (χ4n) is 3.25. The molecular formula is C24H26ClN3O2. The second-order valence-electron chi connectivity index (χ2n) is 7.75. The minimum absolute atomic E-state index is 0.0834. The normalized spacial score (nSPS) is 13.3. The van der Waals surface area contributed by atoms with Crippen LogP contribution in [0.1, 0.15) is 37.8 Å². The van der Waals surface area contributed by atoms with Crippen LogP contribution in [0.15, 0.2) is 73.1 Å². The van der Waals surface area contributed by atoms with Crippen LogP contribution in [-0.4, -0.2) is 27.5 Å². The van der Waals surface area contributed by atoms with E-state index in [4.69, 9.17) is 16.3 Å². The maximum Gasteiger partial charge on any atom is 0.317 e. The van der Waals surface area contributed by atoms with Crippen LogP contribution in [0.2, 0.25) is 5.02 Å². The monoisotopic (exact) mass is 423 g/mol. The maximum atomic E-state index is 13.0. The molecule has 0 saturated carbocycles. The summed E-state index contributed by atoms with van der Waals surface area (Å²) in [5, 5.41) is 3.83. The Morgan fingerprint density at radius 1 is 1.03 bits per heavy atom. The summed E-state index contributed by atoms with van der Waals surface area (Å²) >= 11 is 6.03. The first-order valence-corrected chi connectivity index (χ1v) is 10.3. The van der Waals surface area contributed by atoms with Gasteiger partial charge < -0.3 is 10.1 Å². The van der Waals surface area contributed by atoms with Crippen molar-refractivity contribution in [1.82, 2.24) is 15.3 Å². The summed E-state index contributed by atoms with van der Waals surface area (Å²) in [6.07, 6.45) is 3.93. The van der Waals surface area contributed by atoms with E-state index in [1.807, 2.05) is 49.4 Å². The number of nitrogens with one attached hydrogen (secondary N) is 1. The zero-order valence-electron chi connectivity index (χ0n) is 17.4. The van der Waals surface area contributed by atoms with E-state index in [0.717, 1.165) is 17.5 Å². The smallest absolute Gasteiger partial charge is 0.317 e. The summed E-state index contributed by atoms with van der Waals surface area (Å²) < 4.78 is 5.73. The van der Waals surface area contributed by atoms with Gasteiger partial charge in [-0.15, -0.1) is 0 Å². The molecule has 5 nitrogen and oxygen atoms in total. The largest absolute Gasteiger partial charge is 0.447 e.